The SMILES string of the molecule is Cc1ccccc1-c1cncc(-c2c3ccccc3c(-c3cc(-c4ccccc4C)ccn3)c3ccccc23)c1. The highest BCUT2D eigenvalue weighted by atomic mass is 14.7. The molecule has 0 aliphatic carbocycles. The normalized spacial score (nSPS) is 11.2. The van der Waals surface area contributed by atoms with Gasteiger partial charge in [-0.2, -0.15) is 0 Å². The van der Waals surface area contributed by atoms with Gasteiger partial charge in [-0.05, 0) is 87.0 Å². The fourth-order valence-corrected chi connectivity index (χ4v) is 5.97. The highest BCUT2D eigenvalue weighted by Crippen LogP contribution is 2.44. The van der Waals surface area contributed by atoms with Crippen LogP contribution in [0, 0.1) is 13.8 Å². The van der Waals surface area contributed by atoms with Crippen LogP contribution in [-0.4, -0.2) is 9.97 Å². The van der Waals surface area contributed by atoms with Gasteiger partial charge < -0.3 is 0 Å². The molecule has 190 valence electrons. The van der Waals surface area contributed by atoms with E-state index in [2.05, 4.69) is 129 Å². The molecule has 0 radical (unpaired) electrons. The van der Waals surface area contributed by atoms with Crippen LogP contribution in [0.2, 0.25) is 0 Å². The van der Waals surface area contributed by atoms with Gasteiger partial charge in [0.2, 0.25) is 0 Å². The number of pyridine rings is 2. The van der Waals surface area contributed by atoms with Crippen molar-refractivity contribution < 1.29 is 0 Å². The lowest BCUT2D eigenvalue weighted by atomic mass is 9.86. The Bertz CT molecular complexity index is 1830. The maximum atomic E-state index is 4.92. The molecule has 0 saturated heterocycles. The second-order valence-electron chi connectivity index (χ2n) is 10.4. The summed E-state index contributed by atoms with van der Waals surface area (Å²) >= 11 is 0. The maximum Gasteiger partial charge on any atom is 0.0720 e. The Labute approximate surface area is 234 Å². The van der Waals surface area contributed by atoms with Gasteiger partial charge in [0.05, 0.1) is 5.69 Å². The topological polar surface area (TPSA) is 25.8 Å². The standard InChI is InChI=1S/C38H28N2/c1-25-11-3-5-13-30(25)27-19-20-40-36(22-27)38-34-17-9-7-15-32(34)37(33-16-8-10-18-35(33)38)29-21-28(23-39-24-29)31-14-6-4-12-26(31)2/h3-24H,1-2H3. The third-order valence-corrected chi connectivity index (χ3v) is 7.89. The fourth-order valence-electron chi connectivity index (χ4n) is 5.97. The molecule has 0 spiro atoms. The molecule has 0 bridgehead atoms. The van der Waals surface area contributed by atoms with E-state index in [9.17, 15) is 0 Å². The number of hydrogen-bond donors (Lipinski definition) is 0. The van der Waals surface area contributed by atoms with Crippen molar-refractivity contribution in [2.45, 2.75) is 13.8 Å². The summed E-state index contributed by atoms with van der Waals surface area (Å²) in [7, 11) is 0. The first-order valence-corrected chi connectivity index (χ1v) is 13.7. The molecule has 0 N–H and O–H groups in total. The van der Waals surface area contributed by atoms with Crippen LogP contribution in [-0.2, 0) is 0 Å². The van der Waals surface area contributed by atoms with Gasteiger partial charge in [0.15, 0.2) is 0 Å². The molecule has 2 nitrogen and oxygen atoms in total. The van der Waals surface area contributed by atoms with Gasteiger partial charge in [0, 0.05) is 35.3 Å². The van der Waals surface area contributed by atoms with E-state index in [1.165, 1.54) is 54.9 Å². The van der Waals surface area contributed by atoms with Crippen molar-refractivity contribution in [2.75, 3.05) is 0 Å². The van der Waals surface area contributed by atoms with Crippen molar-refractivity contribution in [3.63, 3.8) is 0 Å². The van der Waals surface area contributed by atoms with Crippen LogP contribution in [0.25, 0.3) is 66.2 Å². The highest BCUT2D eigenvalue weighted by molar-refractivity contribution is 6.21. The Balaban J connectivity index is 1.51. The largest absolute Gasteiger partial charge is 0.263 e. The molecule has 0 saturated carbocycles. The Morgan fingerprint density at radius 1 is 0.450 bits per heavy atom. The van der Waals surface area contributed by atoms with Gasteiger partial charge in [0.1, 0.15) is 0 Å². The van der Waals surface area contributed by atoms with E-state index in [4.69, 9.17) is 9.97 Å². The van der Waals surface area contributed by atoms with Crippen molar-refractivity contribution >= 4 is 21.5 Å². The summed E-state index contributed by atoms with van der Waals surface area (Å²) in [5.74, 6) is 0. The number of hydrogen-bond acceptors (Lipinski definition) is 2. The van der Waals surface area contributed by atoms with Crippen molar-refractivity contribution in [3.8, 4) is 44.6 Å². The minimum absolute atomic E-state index is 0.978. The molecular formula is C38H28N2. The minimum Gasteiger partial charge on any atom is -0.263 e. The Hall–Kier alpha value is -5.08. The monoisotopic (exact) mass is 512 g/mol. The van der Waals surface area contributed by atoms with E-state index in [0.29, 0.717) is 0 Å². The third-order valence-electron chi connectivity index (χ3n) is 7.89. The highest BCUT2D eigenvalue weighted by Gasteiger charge is 2.18. The lowest BCUT2D eigenvalue weighted by Crippen LogP contribution is -1.94. The average Bonchev–Trinajstić information content (AvgIpc) is 3.00. The van der Waals surface area contributed by atoms with Gasteiger partial charge in [-0.3, -0.25) is 9.97 Å². The summed E-state index contributed by atoms with van der Waals surface area (Å²) < 4.78 is 0. The molecule has 2 heterocycles. The molecule has 0 fully saturated rings. The fraction of sp³-hybridized carbons (Fsp3) is 0.0526. The number of benzene rings is 5. The summed E-state index contributed by atoms with van der Waals surface area (Å²) in [5.41, 5.74) is 11.7. The number of aromatic nitrogens is 2. The van der Waals surface area contributed by atoms with Crippen LogP contribution in [0.5, 0.6) is 0 Å². The average molecular weight is 513 g/mol. The molecule has 0 atom stereocenters. The number of aryl methyl sites for hydroxylation is 2. The number of nitrogens with zero attached hydrogens (tertiary/aromatic N) is 2. The summed E-state index contributed by atoms with van der Waals surface area (Å²) in [4.78, 5) is 9.63. The van der Waals surface area contributed by atoms with E-state index >= 15 is 0 Å². The second kappa shape index (κ2) is 9.91. The first-order valence-electron chi connectivity index (χ1n) is 13.7. The van der Waals surface area contributed by atoms with Gasteiger partial charge in [0.25, 0.3) is 0 Å². The molecule has 0 aliphatic heterocycles. The van der Waals surface area contributed by atoms with Crippen LogP contribution in [0.15, 0.2) is 134 Å². The zero-order chi connectivity index (χ0) is 27.1. The second-order valence-corrected chi connectivity index (χ2v) is 10.4. The summed E-state index contributed by atoms with van der Waals surface area (Å²) in [6, 6.07) is 41.0. The van der Waals surface area contributed by atoms with Gasteiger partial charge >= 0.3 is 0 Å². The van der Waals surface area contributed by atoms with Crippen LogP contribution < -0.4 is 0 Å². The Kier molecular flexibility index (Phi) is 5.94. The van der Waals surface area contributed by atoms with E-state index in [1.54, 1.807) is 0 Å². The van der Waals surface area contributed by atoms with Crippen LogP contribution in [0.1, 0.15) is 11.1 Å². The van der Waals surface area contributed by atoms with E-state index in [-0.39, 0.29) is 0 Å². The first-order chi connectivity index (χ1) is 19.7. The maximum absolute atomic E-state index is 4.92. The molecule has 0 unspecified atom stereocenters. The molecular weight excluding hydrogens is 484 g/mol. The van der Waals surface area contributed by atoms with Gasteiger partial charge in [-0.1, -0.05) is 97.1 Å². The summed E-state index contributed by atoms with van der Waals surface area (Å²) in [6.07, 6.45) is 5.89. The summed E-state index contributed by atoms with van der Waals surface area (Å²) in [5, 5.41) is 4.77. The lowest BCUT2D eigenvalue weighted by molar-refractivity contribution is 1.32. The molecule has 0 amide bonds. The molecule has 2 heteroatoms. The lowest BCUT2D eigenvalue weighted by Gasteiger charge is -2.18. The van der Waals surface area contributed by atoms with Crippen molar-refractivity contribution in [3.05, 3.63) is 145 Å². The predicted octanol–water partition coefficient (Wildman–Crippen LogP) is 10.1. The third kappa shape index (κ3) is 4.06. The van der Waals surface area contributed by atoms with Crippen LogP contribution >= 0.6 is 0 Å². The number of rotatable bonds is 4. The van der Waals surface area contributed by atoms with Crippen molar-refractivity contribution in [1.82, 2.24) is 9.97 Å². The molecule has 2 aromatic heterocycles. The molecule has 40 heavy (non-hydrogen) atoms. The molecule has 5 aromatic carbocycles. The molecule has 7 rings (SSSR count). The molecule has 7 aromatic rings. The van der Waals surface area contributed by atoms with E-state index in [1.807, 2.05) is 18.6 Å². The quantitative estimate of drug-likeness (QED) is 0.219. The molecule has 0 aliphatic rings. The minimum atomic E-state index is 0.978. The van der Waals surface area contributed by atoms with E-state index < -0.39 is 0 Å². The zero-order valence-corrected chi connectivity index (χ0v) is 22.6. The van der Waals surface area contributed by atoms with Gasteiger partial charge in [-0.15, -0.1) is 0 Å². The predicted molar refractivity (Wildman–Crippen MR) is 168 cm³/mol. The first kappa shape index (κ1) is 24.0. The zero-order valence-electron chi connectivity index (χ0n) is 22.6. The number of fused-ring (bicyclic) bond motifs is 2. The van der Waals surface area contributed by atoms with Crippen molar-refractivity contribution in [1.29, 1.82) is 0 Å². The smallest absolute Gasteiger partial charge is 0.0720 e. The van der Waals surface area contributed by atoms with E-state index in [0.717, 1.165) is 22.4 Å². The van der Waals surface area contributed by atoms with Crippen molar-refractivity contribution in [2.24, 2.45) is 0 Å². The summed E-state index contributed by atoms with van der Waals surface area (Å²) in [6.45, 7) is 4.31. The Morgan fingerprint density at radius 2 is 0.950 bits per heavy atom. The van der Waals surface area contributed by atoms with Crippen LogP contribution in [0.3, 0.4) is 0 Å². The van der Waals surface area contributed by atoms with Crippen LogP contribution in [0.4, 0.5) is 0 Å². The van der Waals surface area contributed by atoms with Gasteiger partial charge in [-0.25, -0.2) is 0 Å². The Morgan fingerprint density at radius 3 is 1.55 bits per heavy atom.